The van der Waals surface area contributed by atoms with Gasteiger partial charge in [-0.3, -0.25) is 9.52 Å². The Labute approximate surface area is 59.5 Å². The number of aromatic nitrogens is 2. The van der Waals surface area contributed by atoms with E-state index in [2.05, 4.69) is 9.94 Å². The van der Waals surface area contributed by atoms with Crippen LogP contribution in [0.2, 0.25) is 0 Å². The monoisotopic (exact) mass is 141 g/mol. The lowest BCUT2D eigenvalue weighted by molar-refractivity contribution is 0.118. The normalized spacial score (nSPS) is 10.3. The second-order valence-electron chi connectivity index (χ2n) is 2.21. The first-order valence-electron chi connectivity index (χ1n) is 3.05. The summed E-state index contributed by atoms with van der Waals surface area (Å²) in [6.07, 6.45) is 0. The van der Waals surface area contributed by atoms with E-state index < -0.39 is 0 Å². The molecule has 0 atom stereocenters. The number of rotatable bonds is 2. The van der Waals surface area contributed by atoms with Gasteiger partial charge in [-0.25, -0.2) is 5.90 Å². The molecule has 0 spiro atoms. The van der Waals surface area contributed by atoms with Gasteiger partial charge in [0, 0.05) is 7.05 Å². The zero-order valence-electron chi connectivity index (χ0n) is 6.16. The molecule has 0 bridgehead atoms. The lowest BCUT2D eigenvalue weighted by atomic mass is 10.4. The fraction of sp³-hybridized carbons (Fsp3) is 0.500. The molecular formula is C6H11N3O. The molecule has 2 N–H and O–H groups in total. The summed E-state index contributed by atoms with van der Waals surface area (Å²) in [5, 5.41) is 4.11. The second-order valence-corrected chi connectivity index (χ2v) is 2.21. The van der Waals surface area contributed by atoms with Crippen LogP contribution >= 0.6 is 0 Å². The maximum atomic E-state index is 4.90. The molecule has 1 aromatic rings. The van der Waals surface area contributed by atoms with Gasteiger partial charge in [0.2, 0.25) is 0 Å². The average molecular weight is 141 g/mol. The lowest BCUT2D eigenvalue weighted by Crippen LogP contribution is -2.04. The third-order valence-corrected chi connectivity index (χ3v) is 1.33. The summed E-state index contributed by atoms with van der Waals surface area (Å²) in [7, 11) is 1.86. The summed E-state index contributed by atoms with van der Waals surface area (Å²) in [6, 6.07) is 1.94. The molecule has 0 unspecified atom stereocenters. The van der Waals surface area contributed by atoms with Gasteiger partial charge in [-0.1, -0.05) is 0 Å². The molecule has 0 aromatic carbocycles. The van der Waals surface area contributed by atoms with Crippen molar-refractivity contribution in [3.05, 3.63) is 17.5 Å². The van der Waals surface area contributed by atoms with Crippen LogP contribution in [0.5, 0.6) is 0 Å². The molecule has 56 valence electrons. The Hall–Kier alpha value is -0.870. The van der Waals surface area contributed by atoms with Crippen molar-refractivity contribution >= 4 is 0 Å². The predicted octanol–water partition coefficient (Wildman–Crippen LogP) is 0.119. The predicted molar refractivity (Wildman–Crippen MR) is 36.9 cm³/mol. The summed E-state index contributed by atoms with van der Waals surface area (Å²) in [5.74, 6) is 4.90. The van der Waals surface area contributed by atoms with E-state index in [4.69, 9.17) is 5.90 Å². The van der Waals surface area contributed by atoms with Crippen LogP contribution in [0.1, 0.15) is 11.4 Å². The van der Waals surface area contributed by atoms with Gasteiger partial charge in [-0.15, -0.1) is 0 Å². The molecule has 0 aliphatic rings. The average Bonchev–Trinajstić information content (AvgIpc) is 2.13. The van der Waals surface area contributed by atoms with Crippen LogP contribution in [-0.4, -0.2) is 9.78 Å². The number of nitrogens with zero attached hydrogens (tertiary/aromatic N) is 2. The Morgan fingerprint density at radius 1 is 1.80 bits per heavy atom. The van der Waals surface area contributed by atoms with Crippen LogP contribution in [0.3, 0.4) is 0 Å². The molecule has 10 heavy (non-hydrogen) atoms. The van der Waals surface area contributed by atoms with E-state index in [-0.39, 0.29) is 0 Å². The number of nitrogens with two attached hydrogens (primary N) is 1. The molecule has 0 radical (unpaired) electrons. The fourth-order valence-electron chi connectivity index (χ4n) is 0.885. The van der Waals surface area contributed by atoms with Gasteiger partial charge < -0.3 is 0 Å². The first-order valence-corrected chi connectivity index (χ1v) is 3.05. The standard InChI is InChI=1S/C6H11N3O/c1-5-3-6(4-10-7)9(2)8-5/h3H,4,7H2,1-2H3. The van der Waals surface area contributed by atoms with Crippen LogP contribution < -0.4 is 5.90 Å². The smallest absolute Gasteiger partial charge is 0.110 e. The molecule has 0 saturated heterocycles. The first-order chi connectivity index (χ1) is 4.74. The number of aryl methyl sites for hydroxylation is 2. The highest BCUT2D eigenvalue weighted by molar-refractivity contribution is 5.07. The van der Waals surface area contributed by atoms with E-state index in [0.29, 0.717) is 6.61 Å². The van der Waals surface area contributed by atoms with Gasteiger partial charge in [0.25, 0.3) is 0 Å². The van der Waals surface area contributed by atoms with E-state index in [0.717, 1.165) is 11.4 Å². The van der Waals surface area contributed by atoms with E-state index in [9.17, 15) is 0 Å². The van der Waals surface area contributed by atoms with E-state index in [1.807, 2.05) is 20.0 Å². The van der Waals surface area contributed by atoms with Gasteiger partial charge in [0.1, 0.15) is 6.61 Å². The van der Waals surface area contributed by atoms with Crippen molar-refractivity contribution < 1.29 is 4.84 Å². The third-order valence-electron chi connectivity index (χ3n) is 1.33. The highest BCUT2D eigenvalue weighted by Gasteiger charge is 1.99. The Morgan fingerprint density at radius 2 is 2.50 bits per heavy atom. The summed E-state index contributed by atoms with van der Waals surface area (Å²) < 4.78 is 1.75. The molecule has 4 nitrogen and oxygen atoms in total. The number of hydrogen-bond donors (Lipinski definition) is 1. The van der Waals surface area contributed by atoms with Crippen LogP contribution in [0.4, 0.5) is 0 Å². The van der Waals surface area contributed by atoms with Crippen molar-refractivity contribution in [1.82, 2.24) is 9.78 Å². The van der Waals surface area contributed by atoms with Crippen molar-refractivity contribution in [2.75, 3.05) is 0 Å². The topological polar surface area (TPSA) is 53.1 Å². The summed E-state index contributed by atoms with van der Waals surface area (Å²) in [4.78, 5) is 4.46. The van der Waals surface area contributed by atoms with Crippen molar-refractivity contribution in [1.29, 1.82) is 0 Å². The van der Waals surface area contributed by atoms with E-state index in [1.165, 1.54) is 0 Å². The lowest BCUT2D eigenvalue weighted by Gasteiger charge is -1.96. The minimum atomic E-state index is 0.414. The zero-order valence-corrected chi connectivity index (χ0v) is 6.16. The number of hydrogen-bond acceptors (Lipinski definition) is 3. The first kappa shape index (κ1) is 7.24. The van der Waals surface area contributed by atoms with Crippen LogP contribution in [0.15, 0.2) is 6.07 Å². The molecule has 1 heterocycles. The van der Waals surface area contributed by atoms with Crippen LogP contribution in [0, 0.1) is 6.92 Å². The third kappa shape index (κ3) is 1.34. The van der Waals surface area contributed by atoms with E-state index >= 15 is 0 Å². The molecule has 0 saturated carbocycles. The van der Waals surface area contributed by atoms with Gasteiger partial charge in [0.05, 0.1) is 11.4 Å². The largest absolute Gasteiger partial charge is 0.298 e. The highest BCUT2D eigenvalue weighted by Crippen LogP contribution is 2.01. The van der Waals surface area contributed by atoms with Gasteiger partial charge >= 0.3 is 0 Å². The maximum Gasteiger partial charge on any atom is 0.110 e. The second kappa shape index (κ2) is 2.81. The Balaban J connectivity index is 2.81. The van der Waals surface area contributed by atoms with Crippen LogP contribution in [0.25, 0.3) is 0 Å². The SMILES string of the molecule is Cc1cc(CON)n(C)n1. The molecule has 0 aliphatic heterocycles. The molecular weight excluding hydrogens is 130 g/mol. The molecule has 4 heteroatoms. The quantitative estimate of drug-likeness (QED) is 0.595. The van der Waals surface area contributed by atoms with Crippen molar-refractivity contribution in [2.45, 2.75) is 13.5 Å². The molecule has 1 aromatic heterocycles. The maximum absolute atomic E-state index is 4.90. The summed E-state index contributed by atoms with van der Waals surface area (Å²) in [5.41, 5.74) is 1.97. The Morgan fingerprint density at radius 3 is 2.90 bits per heavy atom. The highest BCUT2D eigenvalue weighted by atomic mass is 16.6. The summed E-state index contributed by atoms with van der Waals surface area (Å²) >= 11 is 0. The van der Waals surface area contributed by atoms with Gasteiger partial charge in [-0.05, 0) is 13.0 Å². The minimum absolute atomic E-state index is 0.414. The molecule has 0 fully saturated rings. The Bertz CT molecular complexity index is 219. The van der Waals surface area contributed by atoms with Gasteiger partial charge in [-0.2, -0.15) is 5.10 Å². The van der Waals surface area contributed by atoms with Crippen molar-refractivity contribution in [3.63, 3.8) is 0 Å². The van der Waals surface area contributed by atoms with Gasteiger partial charge in [0.15, 0.2) is 0 Å². The van der Waals surface area contributed by atoms with E-state index in [1.54, 1.807) is 4.68 Å². The fourth-order valence-corrected chi connectivity index (χ4v) is 0.885. The molecule has 0 aliphatic carbocycles. The van der Waals surface area contributed by atoms with Crippen molar-refractivity contribution in [3.8, 4) is 0 Å². The Kier molecular flexibility index (Phi) is 2.03. The minimum Gasteiger partial charge on any atom is -0.298 e. The zero-order chi connectivity index (χ0) is 7.56. The van der Waals surface area contributed by atoms with Crippen LogP contribution in [-0.2, 0) is 18.5 Å². The van der Waals surface area contributed by atoms with Crippen molar-refractivity contribution in [2.24, 2.45) is 12.9 Å². The molecule has 0 amide bonds. The molecule has 1 rings (SSSR count). The summed E-state index contributed by atoms with van der Waals surface area (Å²) in [6.45, 7) is 2.34.